The molecule has 2 nitrogen and oxygen atoms in total. The van der Waals surface area contributed by atoms with E-state index in [1.54, 1.807) is 0 Å². The van der Waals surface area contributed by atoms with Crippen LogP contribution in [0.1, 0.15) is 47.0 Å². The molecule has 0 bridgehead atoms. The second-order valence-corrected chi connectivity index (χ2v) is 5.80. The Hall–Kier alpha value is -0.0800. The third-order valence-corrected chi connectivity index (χ3v) is 4.36. The predicted octanol–water partition coefficient (Wildman–Crippen LogP) is 2.48. The first-order chi connectivity index (χ1) is 6.97. The van der Waals surface area contributed by atoms with E-state index in [4.69, 9.17) is 5.73 Å². The molecule has 15 heavy (non-hydrogen) atoms. The van der Waals surface area contributed by atoms with Crippen molar-refractivity contribution in [2.45, 2.75) is 53.0 Å². The molecule has 1 aliphatic rings. The minimum atomic E-state index is 0.324. The van der Waals surface area contributed by atoms with Crippen LogP contribution in [0.4, 0.5) is 0 Å². The highest BCUT2D eigenvalue weighted by molar-refractivity contribution is 4.82. The van der Waals surface area contributed by atoms with Gasteiger partial charge < -0.3 is 10.6 Å². The molecule has 1 aliphatic heterocycles. The molecule has 0 aromatic carbocycles. The second-order valence-electron chi connectivity index (χ2n) is 5.80. The van der Waals surface area contributed by atoms with Crippen molar-refractivity contribution in [3.63, 3.8) is 0 Å². The van der Waals surface area contributed by atoms with Gasteiger partial charge in [0.15, 0.2) is 0 Å². The van der Waals surface area contributed by atoms with Gasteiger partial charge in [-0.15, -0.1) is 0 Å². The van der Waals surface area contributed by atoms with Crippen molar-refractivity contribution in [1.82, 2.24) is 4.90 Å². The van der Waals surface area contributed by atoms with Crippen LogP contribution in [0, 0.1) is 11.3 Å². The van der Waals surface area contributed by atoms with Crippen LogP contribution in [0.3, 0.4) is 0 Å². The van der Waals surface area contributed by atoms with Crippen LogP contribution in [0.5, 0.6) is 0 Å². The molecule has 0 aliphatic carbocycles. The molecule has 2 N–H and O–H groups in total. The molecular weight excluding hydrogens is 184 g/mol. The first-order valence-electron chi connectivity index (χ1n) is 6.45. The molecule has 0 saturated carbocycles. The zero-order chi connectivity index (χ0) is 11.5. The maximum absolute atomic E-state index is 5.91. The topological polar surface area (TPSA) is 29.3 Å². The normalized spacial score (nSPS) is 26.2. The highest BCUT2D eigenvalue weighted by atomic mass is 15.1. The van der Waals surface area contributed by atoms with E-state index in [0.29, 0.717) is 17.4 Å². The van der Waals surface area contributed by atoms with E-state index >= 15 is 0 Å². The van der Waals surface area contributed by atoms with Gasteiger partial charge in [0.25, 0.3) is 0 Å². The van der Waals surface area contributed by atoms with Gasteiger partial charge in [0.2, 0.25) is 0 Å². The summed E-state index contributed by atoms with van der Waals surface area (Å²) in [5, 5.41) is 0. The van der Waals surface area contributed by atoms with E-state index in [0.717, 1.165) is 0 Å². The minimum absolute atomic E-state index is 0.324. The molecular formula is C13H28N2. The molecule has 90 valence electrons. The van der Waals surface area contributed by atoms with Crippen LogP contribution in [0.15, 0.2) is 0 Å². The SMILES string of the molecule is CCC1(C)CCN(CC(C)C(C)N)CC1. The first kappa shape index (κ1) is 13.0. The Kier molecular flexibility index (Phi) is 4.60. The number of nitrogens with zero attached hydrogens (tertiary/aromatic N) is 1. The molecule has 0 aromatic heterocycles. The Bertz CT molecular complexity index is 181. The summed E-state index contributed by atoms with van der Waals surface area (Å²) >= 11 is 0. The molecule has 1 rings (SSSR count). The van der Waals surface area contributed by atoms with Crippen molar-refractivity contribution in [1.29, 1.82) is 0 Å². The molecule has 0 radical (unpaired) electrons. The van der Waals surface area contributed by atoms with Gasteiger partial charge >= 0.3 is 0 Å². The summed E-state index contributed by atoms with van der Waals surface area (Å²) in [6.45, 7) is 12.8. The standard InChI is InChI=1S/C13H28N2/c1-5-13(4)6-8-15(9-7-13)10-11(2)12(3)14/h11-12H,5-10,14H2,1-4H3. The first-order valence-corrected chi connectivity index (χ1v) is 6.45. The number of rotatable bonds is 4. The lowest BCUT2D eigenvalue weighted by atomic mass is 9.78. The Morgan fingerprint density at radius 1 is 1.27 bits per heavy atom. The molecule has 1 fully saturated rings. The number of piperidine rings is 1. The lowest BCUT2D eigenvalue weighted by Gasteiger charge is -2.40. The molecule has 2 unspecified atom stereocenters. The summed E-state index contributed by atoms with van der Waals surface area (Å²) in [5.41, 5.74) is 6.51. The summed E-state index contributed by atoms with van der Waals surface area (Å²) in [6, 6.07) is 0.324. The van der Waals surface area contributed by atoms with Crippen molar-refractivity contribution in [3.8, 4) is 0 Å². The van der Waals surface area contributed by atoms with Crippen LogP contribution in [-0.2, 0) is 0 Å². The highest BCUT2D eigenvalue weighted by Crippen LogP contribution is 2.34. The number of hydrogen-bond acceptors (Lipinski definition) is 2. The highest BCUT2D eigenvalue weighted by Gasteiger charge is 2.28. The van der Waals surface area contributed by atoms with Gasteiger partial charge in [0, 0.05) is 12.6 Å². The van der Waals surface area contributed by atoms with Crippen molar-refractivity contribution < 1.29 is 0 Å². The Labute approximate surface area is 95.2 Å². The molecule has 0 amide bonds. The van der Waals surface area contributed by atoms with E-state index in [1.807, 2.05) is 0 Å². The van der Waals surface area contributed by atoms with Crippen molar-refractivity contribution in [2.75, 3.05) is 19.6 Å². The van der Waals surface area contributed by atoms with Crippen LogP contribution in [0.25, 0.3) is 0 Å². The average Bonchev–Trinajstić information content (AvgIpc) is 2.21. The summed E-state index contributed by atoms with van der Waals surface area (Å²) in [7, 11) is 0. The van der Waals surface area contributed by atoms with Gasteiger partial charge in [0.05, 0.1) is 0 Å². The van der Waals surface area contributed by atoms with E-state index in [9.17, 15) is 0 Å². The maximum Gasteiger partial charge on any atom is 0.00483 e. The maximum atomic E-state index is 5.91. The van der Waals surface area contributed by atoms with Crippen molar-refractivity contribution in [2.24, 2.45) is 17.1 Å². The van der Waals surface area contributed by atoms with Gasteiger partial charge in [-0.1, -0.05) is 27.2 Å². The third-order valence-electron chi connectivity index (χ3n) is 4.36. The van der Waals surface area contributed by atoms with Crippen molar-refractivity contribution >= 4 is 0 Å². The minimum Gasteiger partial charge on any atom is -0.328 e. The van der Waals surface area contributed by atoms with Gasteiger partial charge in [-0.25, -0.2) is 0 Å². The molecule has 2 atom stereocenters. The van der Waals surface area contributed by atoms with E-state index in [-0.39, 0.29) is 0 Å². The molecule has 1 heterocycles. The van der Waals surface area contributed by atoms with Crippen molar-refractivity contribution in [3.05, 3.63) is 0 Å². The third kappa shape index (κ3) is 3.76. The van der Waals surface area contributed by atoms with Crippen LogP contribution in [-0.4, -0.2) is 30.6 Å². The van der Waals surface area contributed by atoms with Gasteiger partial charge in [-0.2, -0.15) is 0 Å². The Balaban J connectivity index is 2.32. The fraction of sp³-hybridized carbons (Fsp3) is 1.00. The van der Waals surface area contributed by atoms with Gasteiger partial charge in [0.1, 0.15) is 0 Å². The summed E-state index contributed by atoms with van der Waals surface area (Å²) < 4.78 is 0. The van der Waals surface area contributed by atoms with Crippen LogP contribution >= 0.6 is 0 Å². The van der Waals surface area contributed by atoms with E-state index < -0.39 is 0 Å². The number of nitrogens with two attached hydrogens (primary N) is 1. The van der Waals surface area contributed by atoms with E-state index in [2.05, 4.69) is 32.6 Å². The Morgan fingerprint density at radius 2 is 1.80 bits per heavy atom. The number of hydrogen-bond donors (Lipinski definition) is 1. The summed E-state index contributed by atoms with van der Waals surface area (Å²) in [4.78, 5) is 2.59. The lowest BCUT2D eigenvalue weighted by Crippen LogP contribution is -2.43. The second kappa shape index (κ2) is 5.31. The molecule has 0 spiro atoms. The Morgan fingerprint density at radius 3 is 2.20 bits per heavy atom. The summed E-state index contributed by atoms with van der Waals surface area (Å²) in [5.74, 6) is 0.621. The lowest BCUT2D eigenvalue weighted by molar-refractivity contribution is 0.101. The fourth-order valence-corrected chi connectivity index (χ4v) is 2.20. The predicted molar refractivity (Wildman–Crippen MR) is 66.9 cm³/mol. The quantitative estimate of drug-likeness (QED) is 0.776. The number of likely N-dealkylation sites (tertiary alicyclic amines) is 1. The fourth-order valence-electron chi connectivity index (χ4n) is 2.20. The van der Waals surface area contributed by atoms with Crippen LogP contribution < -0.4 is 5.73 Å². The van der Waals surface area contributed by atoms with Gasteiger partial charge in [-0.3, -0.25) is 0 Å². The largest absolute Gasteiger partial charge is 0.328 e. The van der Waals surface area contributed by atoms with E-state index in [1.165, 1.54) is 38.9 Å². The molecule has 1 saturated heterocycles. The summed E-state index contributed by atoms with van der Waals surface area (Å²) in [6.07, 6.45) is 4.04. The zero-order valence-electron chi connectivity index (χ0n) is 10.9. The molecule has 2 heteroatoms. The average molecular weight is 212 g/mol. The monoisotopic (exact) mass is 212 g/mol. The smallest absolute Gasteiger partial charge is 0.00483 e. The molecule has 0 aromatic rings. The zero-order valence-corrected chi connectivity index (χ0v) is 10.9. The van der Waals surface area contributed by atoms with Gasteiger partial charge in [-0.05, 0) is 44.2 Å². The van der Waals surface area contributed by atoms with Crippen LogP contribution in [0.2, 0.25) is 0 Å².